The zero-order valence-electron chi connectivity index (χ0n) is 12.5. The number of nitrogens with zero attached hydrogens (tertiary/aromatic N) is 2. The molecule has 0 aliphatic heterocycles. The van der Waals surface area contributed by atoms with Crippen LogP contribution in [0.5, 0.6) is 11.8 Å². The van der Waals surface area contributed by atoms with Crippen molar-refractivity contribution in [2.24, 2.45) is 0 Å². The maximum atomic E-state index is 5.55. The number of aromatic nitrogens is 2. The lowest BCUT2D eigenvalue weighted by Crippen LogP contribution is -2.41. The summed E-state index contributed by atoms with van der Waals surface area (Å²) in [5.41, 5.74) is 0.268. The van der Waals surface area contributed by atoms with Crippen LogP contribution in [-0.4, -0.2) is 43.4 Å². The number of hydrogen-bond acceptors (Lipinski definition) is 6. The Bertz CT molecular complexity index is 410. The molecule has 19 heavy (non-hydrogen) atoms. The summed E-state index contributed by atoms with van der Waals surface area (Å²) in [6.45, 7) is 6.80. The van der Waals surface area contributed by atoms with Crippen molar-refractivity contribution >= 4 is 0 Å². The molecule has 0 aliphatic rings. The Hall–Kier alpha value is -1.40. The van der Waals surface area contributed by atoms with Crippen LogP contribution in [0.25, 0.3) is 0 Å². The second-order valence-electron chi connectivity index (χ2n) is 4.61. The van der Waals surface area contributed by atoms with Crippen LogP contribution < -0.4 is 14.8 Å². The number of ether oxygens (including phenoxy) is 3. The van der Waals surface area contributed by atoms with Gasteiger partial charge in [-0.25, -0.2) is 4.98 Å². The Morgan fingerprint density at radius 3 is 2.42 bits per heavy atom. The number of likely N-dealkylation sites (N-methyl/N-ethyl adjacent to an activating group) is 1. The summed E-state index contributed by atoms with van der Waals surface area (Å²) in [6, 6.07) is -0.129. The lowest BCUT2D eigenvalue weighted by molar-refractivity contribution is -0.0127. The van der Waals surface area contributed by atoms with Crippen molar-refractivity contribution in [1.82, 2.24) is 15.3 Å². The molecule has 0 saturated heterocycles. The van der Waals surface area contributed by atoms with Crippen LogP contribution >= 0.6 is 0 Å². The number of methoxy groups -OCH3 is 3. The minimum Gasteiger partial charge on any atom is -0.480 e. The fourth-order valence-electron chi connectivity index (χ4n) is 1.81. The van der Waals surface area contributed by atoms with Crippen molar-refractivity contribution in [2.75, 3.05) is 27.9 Å². The third-order valence-corrected chi connectivity index (χ3v) is 3.05. The summed E-state index contributed by atoms with van der Waals surface area (Å²) >= 11 is 0. The van der Waals surface area contributed by atoms with E-state index in [1.54, 1.807) is 27.5 Å². The number of nitrogens with one attached hydrogen (secondary N) is 1. The molecule has 0 aromatic carbocycles. The zero-order chi connectivity index (χ0) is 14.5. The van der Waals surface area contributed by atoms with E-state index in [9.17, 15) is 0 Å². The molecule has 1 aromatic rings. The molecule has 0 bridgehead atoms. The quantitative estimate of drug-likeness (QED) is 0.810. The van der Waals surface area contributed by atoms with Crippen molar-refractivity contribution in [3.05, 3.63) is 11.9 Å². The van der Waals surface area contributed by atoms with Gasteiger partial charge in [-0.2, -0.15) is 4.98 Å². The van der Waals surface area contributed by atoms with Crippen molar-refractivity contribution in [2.45, 2.75) is 32.4 Å². The maximum Gasteiger partial charge on any atom is 0.240 e. The van der Waals surface area contributed by atoms with E-state index >= 15 is 0 Å². The van der Waals surface area contributed by atoms with Gasteiger partial charge in [0, 0.05) is 7.11 Å². The average Bonchev–Trinajstić information content (AvgIpc) is 2.44. The lowest BCUT2D eigenvalue weighted by atomic mass is 9.95. The van der Waals surface area contributed by atoms with E-state index in [0.29, 0.717) is 17.5 Å². The Kier molecular flexibility index (Phi) is 5.50. The van der Waals surface area contributed by atoms with Gasteiger partial charge < -0.3 is 19.5 Å². The number of rotatable bonds is 7. The van der Waals surface area contributed by atoms with Gasteiger partial charge in [-0.3, -0.25) is 0 Å². The summed E-state index contributed by atoms with van der Waals surface area (Å²) in [4.78, 5) is 8.66. The SMILES string of the molecule is CCNC(c1ncc(OC)nc1OC)C(C)(C)OC. The first-order valence-corrected chi connectivity index (χ1v) is 6.23. The van der Waals surface area contributed by atoms with E-state index in [1.165, 1.54) is 0 Å². The van der Waals surface area contributed by atoms with Gasteiger partial charge in [0.15, 0.2) is 0 Å². The van der Waals surface area contributed by atoms with Crippen LogP contribution in [0.15, 0.2) is 6.20 Å². The van der Waals surface area contributed by atoms with Crippen LogP contribution in [-0.2, 0) is 4.74 Å². The molecular weight excluding hydrogens is 246 g/mol. The molecule has 0 aliphatic carbocycles. The van der Waals surface area contributed by atoms with Gasteiger partial charge in [-0.05, 0) is 20.4 Å². The van der Waals surface area contributed by atoms with E-state index in [2.05, 4.69) is 15.3 Å². The highest BCUT2D eigenvalue weighted by Gasteiger charge is 2.34. The first-order valence-electron chi connectivity index (χ1n) is 6.23. The Morgan fingerprint density at radius 1 is 1.26 bits per heavy atom. The highest BCUT2D eigenvalue weighted by Crippen LogP contribution is 2.32. The fourth-order valence-corrected chi connectivity index (χ4v) is 1.81. The molecule has 1 atom stereocenters. The van der Waals surface area contributed by atoms with E-state index in [-0.39, 0.29) is 6.04 Å². The topological polar surface area (TPSA) is 65.5 Å². The Morgan fingerprint density at radius 2 is 1.95 bits per heavy atom. The minimum atomic E-state index is -0.438. The first kappa shape index (κ1) is 15.7. The second kappa shape index (κ2) is 6.68. The maximum absolute atomic E-state index is 5.55. The molecule has 1 heterocycles. The molecule has 6 nitrogen and oxygen atoms in total. The third kappa shape index (κ3) is 3.54. The number of hydrogen-bond donors (Lipinski definition) is 1. The predicted molar refractivity (Wildman–Crippen MR) is 72.6 cm³/mol. The highest BCUT2D eigenvalue weighted by molar-refractivity contribution is 5.27. The van der Waals surface area contributed by atoms with Crippen LogP contribution in [0.3, 0.4) is 0 Å². The van der Waals surface area contributed by atoms with Crippen molar-refractivity contribution in [3.63, 3.8) is 0 Å². The van der Waals surface area contributed by atoms with Crippen molar-refractivity contribution < 1.29 is 14.2 Å². The Balaban J connectivity index is 3.22. The molecule has 1 aromatic heterocycles. The van der Waals surface area contributed by atoms with Gasteiger partial charge in [-0.15, -0.1) is 0 Å². The third-order valence-electron chi connectivity index (χ3n) is 3.05. The summed E-state index contributed by atoms with van der Waals surface area (Å²) < 4.78 is 15.9. The lowest BCUT2D eigenvalue weighted by Gasteiger charge is -2.33. The molecular formula is C13H23N3O3. The molecule has 6 heteroatoms. The molecule has 0 radical (unpaired) electrons. The van der Waals surface area contributed by atoms with Crippen molar-refractivity contribution in [3.8, 4) is 11.8 Å². The van der Waals surface area contributed by atoms with Crippen LogP contribution in [0.2, 0.25) is 0 Å². The van der Waals surface area contributed by atoms with Crippen LogP contribution in [0.1, 0.15) is 32.5 Å². The van der Waals surface area contributed by atoms with Gasteiger partial charge in [0.2, 0.25) is 11.8 Å². The van der Waals surface area contributed by atoms with Gasteiger partial charge in [0.25, 0.3) is 0 Å². The summed E-state index contributed by atoms with van der Waals surface area (Å²) in [6.07, 6.45) is 1.58. The van der Waals surface area contributed by atoms with Gasteiger partial charge in [0.05, 0.1) is 32.1 Å². The Labute approximate surface area is 114 Å². The standard InChI is InChI=1S/C13H23N3O3/c1-7-14-11(13(2,3)19-6)10-12(18-5)16-9(17-4)8-15-10/h8,11,14H,7H2,1-6H3. The van der Waals surface area contributed by atoms with E-state index in [0.717, 1.165) is 6.54 Å². The van der Waals surface area contributed by atoms with E-state index in [1.807, 2.05) is 20.8 Å². The second-order valence-corrected chi connectivity index (χ2v) is 4.61. The molecule has 0 saturated carbocycles. The van der Waals surface area contributed by atoms with Crippen LogP contribution in [0, 0.1) is 0 Å². The largest absolute Gasteiger partial charge is 0.480 e. The van der Waals surface area contributed by atoms with Crippen LogP contribution in [0.4, 0.5) is 0 Å². The first-order chi connectivity index (χ1) is 9.00. The summed E-state index contributed by atoms with van der Waals surface area (Å²) in [5.74, 6) is 0.862. The minimum absolute atomic E-state index is 0.129. The van der Waals surface area contributed by atoms with E-state index < -0.39 is 5.60 Å². The molecule has 0 fully saturated rings. The molecule has 1 unspecified atom stereocenters. The normalized spacial score (nSPS) is 13.2. The molecule has 0 spiro atoms. The molecule has 1 rings (SSSR count). The molecule has 0 amide bonds. The molecule has 108 valence electrons. The summed E-state index contributed by atoms with van der Waals surface area (Å²) in [5, 5.41) is 3.35. The van der Waals surface area contributed by atoms with Gasteiger partial charge in [-0.1, -0.05) is 6.92 Å². The average molecular weight is 269 g/mol. The smallest absolute Gasteiger partial charge is 0.240 e. The molecule has 1 N–H and O–H groups in total. The van der Waals surface area contributed by atoms with Gasteiger partial charge >= 0.3 is 0 Å². The zero-order valence-corrected chi connectivity index (χ0v) is 12.5. The fraction of sp³-hybridized carbons (Fsp3) is 0.692. The predicted octanol–water partition coefficient (Wildman–Crippen LogP) is 1.57. The van der Waals surface area contributed by atoms with Crippen molar-refractivity contribution in [1.29, 1.82) is 0 Å². The monoisotopic (exact) mass is 269 g/mol. The highest BCUT2D eigenvalue weighted by atomic mass is 16.5. The summed E-state index contributed by atoms with van der Waals surface area (Å²) in [7, 11) is 4.79. The van der Waals surface area contributed by atoms with E-state index in [4.69, 9.17) is 14.2 Å². The van der Waals surface area contributed by atoms with Gasteiger partial charge in [0.1, 0.15) is 5.69 Å².